The van der Waals surface area contributed by atoms with Crippen molar-refractivity contribution in [2.45, 2.75) is 172 Å². The van der Waals surface area contributed by atoms with Gasteiger partial charge in [0.15, 0.2) is 0 Å². The van der Waals surface area contributed by atoms with Crippen LogP contribution in [-0.2, 0) is 9.59 Å². The van der Waals surface area contributed by atoms with E-state index in [2.05, 4.69) is 69.1 Å². The Kier molecular flexibility index (Phi) is 23.4. The molecule has 2 fully saturated rings. The maximum absolute atomic E-state index is 14.4. The van der Waals surface area contributed by atoms with Gasteiger partial charge in [0, 0.05) is 18.7 Å². The second-order valence-corrected chi connectivity index (χ2v) is 15.4. The fourth-order valence-electron chi connectivity index (χ4n) is 5.86. The lowest BCUT2D eigenvalue weighted by atomic mass is 9.76. The first-order valence-electron chi connectivity index (χ1n) is 19.4. The van der Waals surface area contributed by atoms with Crippen molar-refractivity contribution in [3.05, 3.63) is 28.9 Å². The molecule has 1 aromatic rings. The predicted octanol–water partition coefficient (Wildman–Crippen LogP) is 10.4. The molecule has 1 saturated carbocycles. The van der Waals surface area contributed by atoms with Gasteiger partial charge in [-0.2, -0.15) is 0 Å². The van der Waals surface area contributed by atoms with Crippen LogP contribution in [0.3, 0.4) is 0 Å². The van der Waals surface area contributed by atoms with Crippen LogP contribution in [0, 0.1) is 46.8 Å². The number of nitrogens with one attached hydrogen (secondary N) is 6. The Morgan fingerprint density at radius 3 is 2.00 bits per heavy atom. The Morgan fingerprint density at radius 2 is 1.63 bits per heavy atom. The molecular weight excluding hydrogens is 641 g/mol. The van der Waals surface area contributed by atoms with Gasteiger partial charge >= 0.3 is 0 Å². The van der Waals surface area contributed by atoms with E-state index < -0.39 is 17.6 Å². The van der Waals surface area contributed by atoms with Gasteiger partial charge in [-0.3, -0.25) is 15.0 Å². The van der Waals surface area contributed by atoms with Gasteiger partial charge in [0.05, 0.1) is 23.6 Å². The van der Waals surface area contributed by atoms with Crippen molar-refractivity contribution in [2.24, 2.45) is 23.7 Å². The average molecular weight is 716 g/mol. The van der Waals surface area contributed by atoms with Crippen molar-refractivity contribution in [1.82, 2.24) is 20.6 Å². The van der Waals surface area contributed by atoms with Crippen molar-refractivity contribution in [3.63, 3.8) is 0 Å². The lowest BCUT2D eigenvalue weighted by molar-refractivity contribution is -0.122. The third-order valence-electron chi connectivity index (χ3n) is 10.4. The number of nitrogens with zero attached hydrogens (tertiary/aromatic N) is 1. The predicted molar refractivity (Wildman–Crippen MR) is 213 cm³/mol. The van der Waals surface area contributed by atoms with Crippen LogP contribution in [-0.4, -0.2) is 51.1 Å². The summed E-state index contributed by atoms with van der Waals surface area (Å²) in [5.74, 6) is 2.83. The van der Waals surface area contributed by atoms with Crippen molar-refractivity contribution in [2.75, 3.05) is 6.54 Å². The van der Waals surface area contributed by atoms with E-state index in [9.17, 15) is 14.0 Å². The molecule has 2 aliphatic rings. The number of aromatic amines is 1. The molecule has 0 radical (unpaired) electrons. The van der Waals surface area contributed by atoms with E-state index in [1.807, 2.05) is 20.8 Å². The summed E-state index contributed by atoms with van der Waals surface area (Å²) in [7, 11) is 0. The molecule has 6 N–H and O–H groups in total. The number of imidazole rings is 1. The SMILES string of the molecule is CC(=N)C(=N)C(=O)NC(c1cnc(C)[nH]1)C1CCCC(C)(F)C1.CC1CCC(=O)NC1.CCC(C)=C(C)C(C)=N.CCC(C)CCCC(C)CC. The number of hydrogen-bond acceptors (Lipinski definition) is 6. The lowest BCUT2D eigenvalue weighted by Crippen LogP contribution is -2.42. The molecule has 0 aromatic carbocycles. The van der Waals surface area contributed by atoms with Crippen molar-refractivity contribution in [3.8, 4) is 0 Å². The minimum Gasteiger partial charge on any atom is -0.356 e. The highest BCUT2D eigenvalue weighted by molar-refractivity contribution is 6.64. The normalized spacial score (nSPS) is 22.0. The molecule has 1 saturated heterocycles. The van der Waals surface area contributed by atoms with Gasteiger partial charge in [0.2, 0.25) is 5.91 Å². The fourth-order valence-corrected chi connectivity index (χ4v) is 5.86. The highest BCUT2D eigenvalue weighted by atomic mass is 19.1. The molecule has 0 spiro atoms. The number of rotatable bonds is 13. The highest BCUT2D eigenvalue weighted by Crippen LogP contribution is 2.40. The summed E-state index contributed by atoms with van der Waals surface area (Å²) < 4.78 is 14.4. The number of piperidine rings is 1. The van der Waals surface area contributed by atoms with Crippen LogP contribution in [0.1, 0.15) is 171 Å². The van der Waals surface area contributed by atoms with E-state index in [0.717, 1.165) is 61.9 Å². The highest BCUT2D eigenvalue weighted by Gasteiger charge is 2.38. The number of aromatic nitrogens is 2. The van der Waals surface area contributed by atoms with Crippen LogP contribution in [0.2, 0.25) is 0 Å². The molecule has 9 nitrogen and oxygen atoms in total. The number of carbonyl (C=O) groups is 2. The topological polar surface area (TPSA) is 158 Å². The monoisotopic (exact) mass is 716 g/mol. The summed E-state index contributed by atoms with van der Waals surface area (Å²) in [6.07, 6.45) is 13.9. The van der Waals surface area contributed by atoms with Gasteiger partial charge in [0.25, 0.3) is 5.91 Å². The number of H-pyrrole nitrogens is 1. The molecule has 2 amide bonds. The van der Waals surface area contributed by atoms with Gasteiger partial charge in [0.1, 0.15) is 17.2 Å². The minimum absolute atomic E-state index is 0.0682. The van der Waals surface area contributed by atoms with E-state index in [1.54, 1.807) is 13.1 Å². The fraction of sp³-hybridized carbons (Fsp3) is 0.756. The molecule has 6 atom stereocenters. The molecular formula is C41H74FN7O2. The number of allylic oxidation sites excluding steroid dienone is 2. The third-order valence-corrected chi connectivity index (χ3v) is 10.4. The first-order chi connectivity index (χ1) is 23.8. The third kappa shape index (κ3) is 20.5. The van der Waals surface area contributed by atoms with Gasteiger partial charge in [-0.15, -0.1) is 0 Å². The smallest absolute Gasteiger partial charge is 0.271 e. The van der Waals surface area contributed by atoms with Gasteiger partial charge < -0.3 is 26.4 Å². The molecule has 1 aromatic heterocycles. The van der Waals surface area contributed by atoms with Gasteiger partial charge in [-0.1, -0.05) is 79.2 Å². The summed E-state index contributed by atoms with van der Waals surface area (Å²) in [5.41, 5.74) is 2.15. The lowest BCUT2D eigenvalue weighted by Gasteiger charge is -2.36. The molecule has 2 heterocycles. The summed E-state index contributed by atoms with van der Waals surface area (Å²) in [6, 6.07) is -0.432. The first-order valence-corrected chi connectivity index (χ1v) is 19.4. The Labute approximate surface area is 310 Å². The molecule has 1 aliphatic carbocycles. The van der Waals surface area contributed by atoms with Crippen molar-refractivity contribution < 1.29 is 14.0 Å². The number of hydrogen-bond donors (Lipinski definition) is 6. The van der Waals surface area contributed by atoms with E-state index >= 15 is 0 Å². The molecule has 6 unspecified atom stereocenters. The number of alkyl halides is 1. The van der Waals surface area contributed by atoms with Gasteiger partial charge in [-0.25, -0.2) is 9.37 Å². The summed E-state index contributed by atoms with van der Waals surface area (Å²) in [5, 5.41) is 28.0. The molecule has 1 aliphatic heterocycles. The molecule has 51 heavy (non-hydrogen) atoms. The molecule has 0 bridgehead atoms. The quantitative estimate of drug-likeness (QED) is 0.112. The van der Waals surface area contributed by atoms with Crippen LogP contribution < -0.4 is 10.6 Å². The zero-order chi connectivity index (χ0) is 39.3. The van der Waals surface area contributed by atoms with E-state index in [1.165, 1.54) is 44.6 Å². The largest absolute Gasteiger partial charge is 0.356 e. The van der Waals surface area contributed by atoms with E-state index in [0.29, 0.717) is 30.2 Å². The maximum atomic E-state index is 14.4. The molecule has 10 heteroatoms. The second kappa shape index (κ2) is 24.9. The van der Waals surface area contributed by atoms with Gasteiger partial charge in [-0.05, 0) is 109 Å². The summed E-state index contributed by atoms with van der Waals surface area (Å²) >= 11 is 0. The number of aryl methyl sites for hydroxylation is 1. The summed E-state index contributed by atoms with van der Waals surface area (Å²) in [4.78, 5) is 29.9. The van der Waals surface area contributed by atoms with Crippen molar-refractivity contribution >= 4 is 28.9 Å². The standard InChI is InChI=1S/C16H24FN5O.C11H24.C8H15N.C6H11NO/c1-9(18)13(19)15(23)22-14(12-8-20-10(2)21-12)11-5-4-6-16(3,17)7-11;1-5-10(3)8-7-9-11(4)6-2;1-5-6(2)7(3)8(4)9;1-5-2-3-6(8)7-4-5/h8,11,14,18-19H,4-7H2,1-3H3,(H,20,21)(H,22,23);10-11H,5-9H2,1-4H3;9H,5H2,1-4H3;5H,2-4H2,1H3,(H,7,8). The van der Waals surface area contributed by atoms with Crippen molar-refractivity contribution in [1.29, 1.82) is 16.2 Å². The number of amides is 2. The zero-order valence-corrected chi connectivity index (χ0v) is 34.3. The molecule has 3 rings (SSSR count). The van der Waals surface area contributed by atoms with Crippen LogP contribution in [0.15, 0.2) is 17.3 Å². The summed E-state index contributed by atoms with van der Waals surface area (Å²) in [6.45, 7) is 25.1. The van der Waals surface area contributed by atoms with Crippen LogP contribution >= 0.6 is 0 Å². The minimum atomic E-state index is -1.24. The van der Waals surface area contributed by atoms with Crippen LogP contribution in [0.4, 0.5) is 4.39 Å². The first kappa shape index (κ1) is 47.8. The molecule has 292 valence electrons. The number of carbonyl (C=O) groups excluding carboxylic acids is 2. The van der Waals surface area contributed by atoms with Crippen LogP contribution in [0.5, 0.6) is 0 Å². The number of halogens is 1. The Morgan fingerprint density at radius 1 is 1.04 bits per heavy atom. The van der Waals surface area contributed by atoms with E-state index in [-0.39, 0.29) is 23.2 Å². The Bertz CT molecular complexity index is 1250. The van der Waals surface area contributed by atoms with E-state index in [4.69, 9.17) is 16.2 Å². The Hall–Kier alpha value is -3.17. The average Bonchev–Trinajstić information content (AvgIpc) is 3.52. The zero-order valence-electron chi connectivity index (χ0n) is 34.3. The Balaban J connectivity index is 0.000000742. The second-order valence-electron chi connectivity index (χ2n) is 15.4. The maximum Gasteiger partial charge on any atom is 0.271 e. The van der Waals surface area contributed by atoms with Crippen LogP contribution in [0.25, 0.3) is 0 Å².